The number of aryl methyl sites for hydroxylation is 1. The first-order chi connectivity index (χ1) is 8.25. The Morgan fingerprint density at radius 1 is 1.39 bits per heavy atom. The van der Waals surface area contributed by atoms with Crippen LogP contribution in [0.2, 0.25) is 0 Å². The SMILES string of the molecule is CC(C)c1nn(C)c(CC(O)C(C)C)c1[N+](=O)[O-]. The fourth-order valence-electron chi connectivity index (χ4n) is 1.82. The Kier molecular flexibility index (Phi) is 4.45. The third kappa shape index (κ3) is 2.87. The molecule has 1 aromatic rings. The van der Waals surface area contributed by atoms with Gasteiger partial charge in [-0.15, -0.1) is 0 Å². The molecule has 0 saturated heterocycles. The number of nitrogens with zero attached hydrogens (tertiary/aromatic N) is 3. The summed E-state index contributed by atoms with van der Waals surface area (Å²) in [4.78, 5) is 10.8. The molecule has 6 nitrogen and oxygen atoms in total. The summed E-state index contributed by atoms with van der Waals surface area (Å²) in [5, 5.41) is 25.3. The molecule has 0 aliphatic carbocycles. The standard InChI is InChI=1S/C12H21N3O3/c1-7(2)10(16)6-9-12(15(17)18)11(8(3)4)13-14(9)5/h7-8,10,16H,6H2,1-5H3. The van der Waals surface area contributed by atoms with Crippen molar-refractivity contribution in [2.75, 3.05) is 0 Å². The van der Waals surface area contributed by atoms with Gasteiger partial charge in [-0.1, -0.05) is 27.7 Å². The van der Waals surface area contributed by atoms with E-state index in [0.29, 0.717) is 11.4 Å². The van der Waals surface area contributed by atoms with Crippen molar-refractivity contribution in [2.24, 2.45) is 13.0 Å². The van der Waals surface area contributed by atoms with Crippen LogP contribution in [-0.4, -0.2) is 25.9 Å². The molecule has 1 N–H and O–H groups in total. The molecule has 102 valence electrons. The van der Waals surface area contributed by atoms with Crippen LogP contribution in [0, 0.1) is 16.0 Å². The van der Waals surface area contributed by atoms with Crippen LogP contribution in [0.15, 0.2) is 0 Å². The van der Waals surface area contributed by atoms with Gasteiger partial charge in [0.1, 0.15) is 11.4 Å². The molecule has 0 amide bonds. The van der Waals surface area contributed by atoms with Gasteiger partial charge in [0.05, 0.1) is 11.0 Å². The summed E-state index contributed by atoms with van der Waals surface area (Å²) >= 11 is 0. The second-order valence-corrected chi connectivity index (χ2v) is 5.23. The molecule has 1 rings (SSSR count). The molecule has 0 aromatic carbocycles. The van der Waals surface area contributed by atoms with Crippen LogP contribution in [0.1, 0.15) is 45.0 Å². The number of aliphatic hydroxyl groups is 1. The highest BCUT2D eigenvalue weighted by atomic mass is 16.6. The van der Waals surface area contributed by atoms with Crippen molar-refractivity contribution < 1.29 is 10.0 Å². The minimum absolute atomic E-state index is 0.0125. The molecule has 6 heteroatoms. The highest BCUT2D eigenvalue weighted by molar-refractivity contribution is 5.43. The molecule has 0 fully saturated rings. The maximum absolute atomic E-state index is 11.2. The van der Waals surface area contributed by atoms with Crippen molar-refractivity contribution in [3.63, 3.8) is 0 Å². The zero-order valence-corrected chi connectivity index (χ0v) is 11.5. The molecular formula is C12H21N3O3. The van der Waals surface area contributed by atoms with Gasteiger partial charge in [0.2, 0.25) is 0 Å². The van der Waals surface area contributed by atoms with Gasteiger partial charge in [0.25, 0.3) is 0 Å². The zero-order valence-electron chi connectivity index (χ0n) is 11.5. The zero-order chi connectivity index (χ0) is 14.0. The normalized spacial score (nSPS) is 13.3. The molecule has 0 aliphatic heterocycles. The van der Waals surface area contributed by atoms with Gasteiger partial charge < -0.3 is 5.11 Å². The maximum atomic E-state index is 11.2. The van der Waals surface area contributed by atoms with E-state index in [9.17, 15) is 15.2 Å². The summed E-state index contributed by atoms with van der Waals surface area (Å²) in [6, 6.07) is 0. The largest absolute Gasteiger partial charge is 0.392 e. The minimum atomic E-state index is -0.598. The molecule has 1 unspecified atom stereocenters. The van der Waals surface area contributed by atoms with Crippen LogP contribution < -0.4 is 0 Å². The number of rotatable bonds is 5. The number of nitro groups is 1. The third-order valence-corrected chi connectivity index (χ3v) is 3.07. The van der Waals surface area contributed by atoms with Gasteiger partial charge in [-0.25, -0.2) is 0 Å². The Bertz CT molecular complexity index is 438. The fraction of sp³-hybridized carbons (Fsp3) is 0.750. The highest BCUT2D eigenvalue weighted by Crippen LogP contribution is 2.30. The summed E-state index contributed by atoms with van der Waals surface area (Å²) in [6.07, 6.45) is -0.344. The first kappa shape index (κ1) is 14.6. The molecule has 0 radical (unpaired) electrons. The second-order valence-electron chi connectivity index (χ2n) is 5.23. The van der Waals surface area contributed by atoms with E-state index in [-0.39, 0.29) is 23.9 Å². The Balaban J connectivity index is 3.22. The van der Waals surface area contributed by atoms with Crippen molar-refractivity contribution in [3.05, 3.63) is 21.5 Å². The predicted octanol–water partition coefficient (Wildman–Crippen LogP) is 2.01. The van der Waals surface area contributed by atoms with Gasteiger partial charge >= 0.3 is 5.69 Å². The van der Waals surface area contributed by atoms with Crippen LogP contribution >= 0.6 is 0 Å². The summed E-state index contributed by atoms with van der Waals surface area (Å²) < 4.78 is 1.51. The van der Waals surface area contributed by atoms with E-state index in [2.05, 4.69) is 5.10 Å². The molecule has 0 saturated carbocycles. The van der Waals surface area contributed by atoms with Crippen molar-refractivity contribution in [1.82, 2.24) is 9.78 Å². The summed E-state index contributed by atoms with van der Waals surface area (Å²) in [5.74, 6) is 0.0450. The summed E-state index contributed by atoms with van der Waals surface area (Å²) in [6.45, 7) is 7.52. The number of hydrogen-bond donors (Lipinski definition) is 1. The van der Waals surface area contributed by atoms with Gasteiger partial charge in [-0.2, -0.15) is 5.10 Å². The topological polar surface area (TPSA) is 81.2 Å². The van der Waals surface area contributed by atoms with Gasteiger partial charge in [-0.3, -0.25) is 14.8 Å². The van der Waals surface area contributed by atoms with E-state index in [1.807, 2.05) is 27.7 Å². The van der Waals surface area contributed by atoms with Gasteiger partial charge in [-0.05, 0) is 5.92 Å². The van der Waals surface area contributed by atoms with Crippen molar-refractivity contribution in [1.29, 1.82) is 0 Å². The van der Waals surface area contributed by atoms with E-state index < -0.39 is 11.0 Å². The van der Waals surface area contributed by atoms with Gasteiger partial charge in [0.15, 0.2) is 0 Å². The predicted molar refractivity (Wildman–Crippen MR) is 68.5 cm³/mol. The second kappa shape index (κ2) is 5.48. The molecular weight excluding hydrogens is 234 g/mol. The molecule has 1 atom stereocenters. The van der Waals surface area contributed by atoms with Crippen LogP contribution in [-0.2, 0) is 13.5 Å². The van der Waals surface area contributed by atoms with Crippen LogP contribution in [0.25, 0.3) is 0 Å². The van der Waals surface area contributed by atoms with E-state index in [4.69, 9.17) is 0 Å². The number of aliphatic hydroxyl groups excluding tert-OH is 1. The van der Waals surface area contributed by atoms with Gasteiger partial charge in [0, 0.05) is 19.4 Å². The smallest absolute Gasteiger partial charge is 0.313 e. The van der Waals surface area contributed by atoms with Crippen LogP contribution in [0.5, 0.6) is 0 Å². The van der Waals surface area contributed by atoms with E-state index >= 15 is 0 Å². The molecule has 0 aliphatic rings. The number of aromatic nitrogens is 2. The summed E-state index contributed by atoms with van der Waals surface area (Å²) in [7, 11) is 1.68. The lowest BCUT2D eigenvalue weighted by Gasteiger charge is -2.13. The monoisotopic (exact) mass is 255 g/mol. The van der Waals surface area contributed by atoms with E-state index in [0.717, 1.165) is 0 Å². The Hall–Kier alpha value is -1.43. The molecule has 0 spiro atoms. The number of hydrogen-bond acceptors (Lipinski definition) is 4. The average molecular weight is 255 g/mol. The molecule has 1 heterocycles. The Morgan fingerprint density at radius 2 is 1.94 bits per heavy atom. The van der Waals surface area contributed by atoms with Crippen LogP contribution in [0.4, 0.5) is 5.69 Å². The average Bonchev–Trinajstić information content (AvgIpc) is 2.56. The molecule has 0 bridgehead atoms. The van der Waals surface area contributed by atoms with Crippen LogP contribution in [0.3, 0.4) is 0 Å². The van der Waals surface area contributed by atoms with E-state index in [1.165, 1.54) is 4.68 Å². The van der Waals surface area contributed by atoms with E-state index in [1.54, 1.807) is 7.05 Å². The minimum Gasteiger partial charge on any atom is -0.392 e. The third-order valence-electron chi connectivity index (χ3n) is 3.07. The lowest BCUT2D eigenvalue weighted by atomic mass is 10.0. The maximum Gasteiger partial charge on any atom is 0.313 e. The van der Waals surface area contributed by atoms with Crippen molar-refractivity contribution in [3.8, 4) is 0 Å². The van der Waals surface area contributed by atoms with Crippen molar-refractivity contribution >= 4 is 5.69 Å². The first-order valence-electron chi connectivity index (χ1n) is 6.13. The highest BCUT2D eigenvalue weighted by Gasteiger charge is 2.29. The lowest BCUT2D eigenvalue weighted by molar-refractivity contribution is -0.386. The molecule has 18 heavy (non-hydrogen) atoms. The fourth-order valence-corrected chi connectivity index (χ4v) is 1.82. The Labute approximate surface area is 107 Å². The van der Waals surface area contributed by atoms with Crippen molar-refractivity contribution in [2.45, 2.75) is 46.1 Å². The lowest BCUT2D eigenvalue weighted by Crippen LogP contribution is -2.20. The molecule has 1 aromatic heterocycles. The summed E-state index contributed by atoms with van der Waals surface area (Å²) in [5.41, 5.74) is 1.02. The Morgan fingerprint density at radius 3 is 2.33 bits per heavy atom. The first-order valence-corrected chi connectivity index (χ1v) is 6.13. The quantitative estimate of drug-likeness (QED) is 0.644.